The molecule has 0 atom stereocenters. The van der Waals surface area contributed by atoms with Gasteiger partial charge in [-0.3, -0.25) is 0 Å². The lowest BCUT2D eigenvalue weighted by atomic mass is 10.3. The third-order valence-corrected chi connectivity index (χ3v) is 1.46. The molecule has 0 fully saturated rings. The standard InChI is InChI=1S/C6H7N2S/c7-4-2-1-3-5(9)6(4)8/h1-3H,7-8H2. The second kappa shape index (κ2) is 2.11. The van der Waals surface area contributed by atoms with Gasteiger partial charge in [0, 0.05) is 0 Å². The van der Waals surface area contributed by atoms with Crippen molar-refractivity contribution in [2.24, 2.45) is 0 Å². The lowest BCUT2D eigenvalue weighted by molar-refractivity contribution is 1.47. The van der Waals surface area contributed by atoms with Crippen LogP contribution < -0.4 is 11.5 Å². The van der Waals surface area contributed by atoms with Crippen molar-refractivity contribution in [3.63, 3.8) is 0 Å². The minimum absolute atomic E-state index is 0.507. The van der Waals surface area contributed by atoms with Gasteiger partial charge in [-0.05, 0) is 12.1 Å². The Morgan fingerprint density at radius 3 is 2.33 bits per heavy atom. The van der Waals surface area contributed by atoms with E-state index in [1.807, 2.05) is 0 Å². The first-order valence-corrected chi connectivity index (χ1v) is 2.93. The third kappa shape index (κ3) is 1.05. The van der Waals surface area contributed by atoms with Crippen LogP contribution in [0.3, 0.4) is 0 Å². The van der Waals surface area contributed by atoms with Crippen molar-refractivity contribution in [1.82, 2.24) is 0 Å². The molecule has 0 aliphatic carbocycles. The highest BCUT2D eigenvalue weighted by Crippen LogP contribution is 2.21. The first-order valence-electron chi connectivity index (χ1n) is 2.53. The molecule has 0 saturated carbocycles. The number of rotatable bonds is 0. The van der Waals surface area contributed by atoms with Crippen LogP contribution in [-0.4, -0.2) is 0 Å². The van der Waals surface area contributed by atoms with E-state index in [-0.39, 0.29) is 0 Å². The van der Waals surface area contributed by atoms with Crippen LogP contribution >= 0.6 is 12.6 Å². The van der Waals surface area contributed by atoms with Crippen LogP contribution in [0.2, 0.25) is 0 Å². The first-order chi connectivity index (χ1) is 4.22. The number of hydrogen-bond acceptors (Lipinski definition) is 2. The van der Waals surface area contributed by atoms with Crippen molar-refractivity contribution >= 4 is 24.0 Å². The maximum Gasteiger partial charge on any atom is 0.0731 e. The smallest absolute Gasteiger partial charge is 0.0731 e. The van der Waals surface area contributed by atoms with Gasteiger partial charge in [-0.25, -0.2) is 0 Å². The molecule has 0 spiro atoms. The SMILES string of the molecule is Nc1cccc([S])c1N. The van der Waals surface area contributed by atoms with E-state index >= 15 is 0 Å². The lowest BCUT2D eigenvalue weighted by Crippen LogP contribution is -1.94. The van der Waals surface area contributed by atoms with Crippen molar-refractivity contribution in [3.8, 4) is 0 Å². The summed E-state index contributed by atoms with van der Waals surface area (Å²) in [5.74, 6) is 0. The van der Waals surface area contributed by atoms with Gasteiger partial charge in [-0.15, -0.1) is 0 Å². The first kappa shape index (κ1) is 6.16. The predicted octanol–water partition coefficient (Wildman–Crippen LogP) is 1.41. The van der Waals surface area contributed by atoms with E-state index in [1.165, 1.54) is 0 Å². The maximum absolute atomic E-state index is 5.45. The fraction of sp³-hybridized carbons (Fsp3) is 0. The molecule has 3 heteroatoms. The summed E-state index contributed by atoms with van der Waals surface area (Å²) in [5, 5.41) is 0. The van der Waals surface area contributed by atoms with E-state index in [0.717, 1.165) is 0 Å². The molecule has 0 bridgehead atoms. The third-order valence-electron chi connectivity index (χ3n) is 1.10. The number of anilines is 2. The summed E-state index contributed by atoms with van der Waals surface area (Å²) in [6.07, 6.45) is 0. The van der Waals surface area contributed by atoms with Crippen LogP contribution in [0.1, 0.15) is 0 Å². The molecule has 0 saturated heterocycles. The van der Waals surface area contributed by atoms with Crippen molar-refractivity contribution in [3.05, 3.63) is 18.2 Å². The van der Waals surface area contributed by atoms with Crippen LogP contribution in [0.25, 0.3) is 0 Å². The van der Waals surface area contributed by atoms with E-state index in [9.17, 15) is 0 Å². The fourth-order valence-electron chi connectivity index (χ4n) is 0.561. The zero-order valence-electron chi connectivity index (χ0n) is 4.79. The molecule has 1 radical (unpaired) electrons. The Hall–Kier alpha value is -0.960. The molecule has 1 rings (SSSR count). The average molecular weight is 139 g/mol. The van der Waals surface area contributed by atoms with Gasteiger partial charge >= 0.3 is 0 Å². The maximum atomic E-state index is 5.45. The van der Waals surface area contributed by atoms with Crippen LogP contribution in [0.4, 0.5) is 11.4 Å². The summed E-state index contributed by atoms with van der Waals surface area (Å²) in [5.41, 5.74) is 11.9. The highest BCUT2D eigenvalue weighted by atomic mass is 32.1. The number of hydrogen-bond donors (Lipinski definition) is 2. The number of para-hydroxylation sites is 1. The van der Waals surface area contributed by atoms with Crippen LogP contribution in [-0.2, 0) is 0 Å². The predicted molar refractivity (Wildman–Crippen MR) is 41.1 cm³/mol. The molecule has 1 aromatic carbocycles. The molecule has 1 aromatic rings. The van der Waals surface area contributed by atoms with Gasteiger partial charge in [0.15, 0.2) is 0 Å². The van der Waals surface area contributed by atoms with E-state index < -0.39 is 0 Å². The number of benzene rings is 1. The molecule has 0 aliphatic rings. The molecule has 4 N–H and O–H groups in total. The van der Waals surface area contributed by atoms with Gasteiger partial charge in [0.05, 0.1) is 16.3 Å². The summed E-state index contributed by atoms with van der Waals surface area (Å²) >= 11 is 4.84. The van der Waals surface area contributed by atoms with Crippen LogP contribution in [0.15, 0.2) is 23.1 Å². The van der Waals surface area contributed by atoms with E-state index in [2.05, 4.69) is 0 Å². The van der Waals surface area contributed by atoms with Gasteiger partial charge in [0.2, 0.25) is 0 Å². The van der Waals surface area contributed by atoms with Crippen LogP contribution in [0, 0.1) is 0 Å². The summed E-state index contributed by atoms with van der Waals surface area (Å²) in [7, 11) is 0. The Morgan fingerprint density at radius 2 is 1.89 bits per heavy atom. The fourth-order valence-corrected chi connectivity index (χ4v) is 0.757. The van der Waals surface area contributed by atoms with Crippen molar-refractivity contribution in [2.45, 2.75) is 4.90 Å². The monoisotopic (exact) mass is 139 g/mol. The van der Waals surface area contributed by atoms with E-state index in [4.69, 9.17) is 24.1 Å². The second-order valence-corrected chi connectivity index (χ2v) is 2.20. The minimum atomic E-state index is 0.507. The molecule has 0 unspecified atom stereocenters. The van der Waals surface area contributed by atoms with Crippen molar-refractivity contribution < 1.29 is 0 Å². The number of nitrogen functional groups attached to an aromatic ring is 2. The lowest BCUT2D eigenvalue weighted by Gasteiger charge is -1.98. The molecular weight excluding hydrogens is 132 g/mol. The molecule has 0 aliphatic heterocycles. The summed E-state index contributed by atoms with van der Waals surface area (Å²) in [6.45, 7) is 0. The van der Waals surface area contributed by atoms with Gasteiger partial charge in [-0.2, -0.15) is 0 Å². The summed E-state index contributed by atoms with van der Waals surface area (Å²) in [6, 6.07) is 5.26. The quantitative estimate of drug-likeness (QED) is 0.534. The molecule has 9 heavy (non-hydrogen) atoms. The topological polar surface area (TPSA) is 52.0 Å². The Kier molecular flexibility index (Phi) is 1.44. The van der Waals surface area contributed by atoms with Crippen molar-refractivity contribution in [1.29, 1.82) is 0 Å². The van der Waals surface area contributed by atoms with E-state index in [0.29, 0.717) is 16.3 Å². The van der Waals surface area contributed by atoms with Gasteiger partial charge in [0.25, 0.3) is 0 Å². The highest BCUT2D eigenvalue weighted by Gasteiger charge is 1.95. The molecule has 0 aromatic heterocycles. The molecular formula is C6H7N2S. The van der Waals surface area contributed by atoms with Gasteiger partial charge in [-0.1, -0.05) is 18.7 Å². The zero-order valence-corrected chi connectivity index (χ0v) is 5.61. The second-order valence-electron chi connectivity index (χ2n) is 1.76. The van der Waals surface area contributed by atoms with E-state index in [1.54, 1.807) is 18.2 Å². The normalized spacial score (nSPS) is 9.33. The Bertz CT molecular complexity index is 202. The molecule has 0 heterocycles. The Morgan fingerprint density at radius 1 is 1.22 bits per heavy atom. The zero-order chi connectivity index (χ0) is 6.85. The summed E-state index contributed by atoms with van der Waals surface area (Å²) < 4.78 is 0. The molecule has 0 amide bonds. The molecule has 2 nitrogen and oxygen atoms in total. The number of nitrogens with two attached hydrogens (primary N) is 2. The minimum Gasteiger partial charge on any atom is -0.397 e. The highest BCUT2D eigenvalue weighted by molar-refractivity contribution is 7.80. The van der Waals surface area contributed by atoms with Gasteiger partial charge in [0.1, 0.15) is 0 Å². The van der Waals surface area contributed by atoms with Gasteiger partial charge < -0.3 is 11.5 Å². The molecule has 47 valence electrons. The summed E-state index contributed by atoms with van der Waals surface area (Å²) in [4.78, 5) is 0.620. The Labute approximate surface area is 59.3 Å². The largest absolute Gasteiger partial charge is 0.397 e. The average Bonchev–Trinajstić information content (AvgIpc) is 1.83. The van der Waals surface area contributed by atoms with Crippen LogP contribution in [0.5, 0.6) is 0 Å². The van der Waals surface area contributed by atoms with Crippen molar-refractivity contribution in [2.75, 3.05) is 11.5 Å². The Balaban J connectivity index is 3.25.